The van der Waals surface area contributed by atoms with Gasteiger partial charge in [-0.15, -0.1) is 0 Å². The van der Waals surface area contributed by atoms with Gasteiger partial charge in [-0.05, 0) is 35.4 Å². The molecule has 0 heterocycles. The predicted molar refractivity (Wildman–Crippen MR) is 71.2 cm³/mol. The number of nitrogens with zero attached hydrogens (tertiary/aromatic N) is 2. The lowest BCUT2D eigenvalue weighted by molar-refractivity contribution is 1.48. The van der Waals surface area contributed by atoms with Crippen molar-refractivity contribution in [1.29, 1.82) is 10.5 Å². The molecule has 0 unspecified atom stereocenters. The lowest BCUT2D eigenvalue weighted by Gasteiger charge is -1.95. The molecule has 0 aliphatic rings. The van der Waals surface area contributed by atoms with Crippen molar-refractivity contribution in [2.45, 2.75) is 0 Å². The van der Waals surface area contributed by atoms with E-state index in [9.17, 15) is 0 Å². The van der Waals surface area contributed by atoms with Crippen LogP contribution in [0, 0.1) is 22.7 Å². The highest BCUT2D eigenvalue weighted by atomic mass is 14.2. The Morgan fingerprint density at radius 3 is 1.22 bits per heavy atom. The number of hydrogen-bond acceptors (Lipinski definition) is 2. The van der Waals surface area contributed by atoms with Crippen LogP contribution >= 0.6 is 0 Å². The summed E-state index contributed by atoms with van der Waals surface area (Å²) in [5, 5.41) is 17.4. The van der Waals surface area contributed by atoms with Crippen LogP contribution in [0.1, 0.15) is 22.3 Å². The first-order chi connectivity index (χ1) is 8.81. The van der Waals surface area contributed by atoms with Gasteiger partial charge in [-0.25, -0.2) is 0 Å². The van der Waals surface area contributed by atoms with E-state index >= 15 is 0 Å². The number of nitriles is 2. The molecule has 0 spiro atoms. The molecule has 2 heteroatoms. The van der Waals surface area contributed by atoms with Gasteiger partial charge in [-0.3, -0.25) is 0 Å². The molecule has 2 aromatic carbocycles. The SMILES string of the molecule is N#Cc1ccc(/C=C\c2ccc(C#N)cc2)cc1. The summed E-state index contributed by atoms with van der Waals surface area (Å²) in [6.45, 7) is 0. The third kappa shape index (κ3) is 2.84. The molecule has 2 aromatic rings. The molecule has 0 fully saturated rings. The molecule has 0 aromatic heterocycles. The van der Waals surface area contributed by atoms with Gasteiger partial charge in [0.05, 0.1) is 23.3 Å². The number of rotatable bonds is 2. The van der Waals surface area contributed by atoms with Crippen LogP contribution in [0.5, 0.6) is 0 Å². The molecule has 18 heavy (non-hydrogen) atoms. The van der Waals surface area contributed by atoms with Crippen LogP contribution in [0.2, 0.25) is 0 Å². The Morgan fingerprint density at radius 2 is 0.944 bits per heavy atom. The summed E-state index contributed by atoms with van der Waals surface area (Å²) in [5.41, 5.74) is 3.40. The van der Waals surface area contributed by atoms with Crippen LogP contribution in [-0.4, -0.2) is 0 Å². The van der Waals surface area contributed by atoms with Crippen molar-refractivity contribution in [3.8, 4) is 12.1 Å². The van der Waals surface area contributed by atoms with E-state index in [1.807, 2.05) is 36.4 Å². The van der Waals surface area contributed by atoms with Gasteiger partial charge in [0.2, 0.25) is 0 Å². The van der Waals surface area contributed by atoms with Gasteiger partial charge in [0.25, 0.3) is 0 Å². The Labute approximate surface area is 106 Å². The second-order valence-electron chi connectivity index (χ2n) is 3.80. The molecular formula is C16H10N2. The van der Waals surface area contributed by atoms with Crippen molar-refractivity contribution in [2.75, 3.05) is 0 Å². The zero-order valence-electron chi connectivity index (χ0n) is 9.67. The standard InChI is InChI=1S/C16H10N2/c17-11-15-7-3-13(4-8-15)1-2-14-5-9-16(12-18)10-6-14/h1-10H/b2-1-. The van der Waals surface area contributed by atoms with Crippen LogP contribution in [-0.2, 0) is 0 Å². The normalized spacial score (nSPS) is 9.89. The van der Waals surface area contributed by atoms with E-state index in [0.29, 0.717) is 11.1 Å². The Bertz CT molecular complexity index is 576. The fraction of sp³-hybridized carbons (Fsp3) is 0. The van der Waals surface area contributed by atoms with E-state index < -0.39 is 0 Å². The van der Waals surface area contributed by atoms with Gasteiger partial charge >= 0.3 is 0 Å². The van der Waals surface area contributed by atoms with Crippen molar-refractivity contribution in [3.05, 3.63) is 70.8 Å². The maximum Gasteiger partial charge on any atom is 0.0991 e. The topological polar surface area (TPSA) is 47.6 Å². The Hall–Kier alpha value is -2.84. The minimum atomic E-state index is 0.658. The fourth-order valence-electron chi connectivity index (χ4n) is 1.53. The molecule has 0 radical (unpaired) electrons. The first-order valence-electron chi connectivity index (χ1n) is 5.50. The Morgan fingerprint density at radius 1 is 0.611 bits per heavy atom. The maximum absolute atomic E-state index is 8.69. The summed E-state index contributed by atoms with van der Waals surface area (Å²) in [7, 11) is 0. The summed E-state index contributed by atoms with van der Waals surface area (Å²) < 4.78 is 0. The second-order valence-corrected chi connectivity index (χ2v) is 3.80. The third-order valence-corrected chi connectivity index (χ3v) is 2.55. The quantitative estimate of drug-likeness (QED) is 0.740. The lowest BCUT2D eigenvalue weighted by atomic mass is 10.1. The van der Waals surface area contributed by atoms with E-state index in [2.05, 4.69) is 12.1 Å². The monoisotopic (exact) mass is 230 g/mol. The second kappa shape index (κ2) is 5.48. The smallest absolute Gasteiger partial charge is 0.0991 e. The maximum atomic E-state index is 8.69. The average molecular weight is 230 g/mol. The van der Waals surface area contributed by atoms with E-state index in [1.165, 1.54) is 0 Å². The molecule has 0 aliphatic carbocycles. The molecule has 0 atom stereocenters. The Balaban J connectivity index is 2.14. The van der Waals surface area contributed by atoms with Gasteiger partial charge in [-0.1, -0.05) is 36.4 Å². The van der Waals surface area contributed by atoms with E-state index in [-0.39, 0.29) is 0 Å². The number of hydrogen-bond donors (Lipinski definition) is 0. The molecule has 0 saturated heterocycles. The zero-order valence-corrected chi connectivity index (χ0v) is 9.67. The molecular weight excluding hydrogens is 220 g/mol. The zero-order chi connectivity index (χ0) is 12.8. The van der Waals surface area contributed by atoms with Crippen LogP contribution in [0.3, 0.4) is 0 Å². The van der Waals surface area contributed by atoms with Gasteiger partial charge in [0.1, 0.15) is 0 Å². The van der Waals surface area contributed by atoms with Gasteiger partial charge in [-0.2, -0.15) is 10.5 Å². The predicted octanol–water partition coefficient (Wildman–Crippen LogP) is 3.60. The Kier molecular flexibility index (Phi) is 3.54. The highest BCUT2D eigenvalue weighted by Gasteiger charge is 1.91. The van der Waals surface area contributed by atoms with E-state index in [0.717, 1.165) is 11.1 Å². The molecule has 2 nitrogen and oxygen atoms in total. The van der Waals surface area contributed by atoms with Gasteiger partial charge < -0.3 is 0 Å². The van der Waals surface area contributed by atoms with E-state index in [1.54, 1.807) is 24.3 Å². The molecule has 0 amide bonds. The van der Waals surface area contributed by atoms with Crippen molar-refractivity contribution in [3.63, 3.8) is 0 Å². The molecule has 2 rings (SSSR count). The first kappa shape index (κ1) is 11.6. The molecule has 0 saturated carbocycles. The summed E-state index contributed by atoms with van der Waals surface area (Å²) in [4.78, 5) is 0. The van der Waals surface area contributed by atoms with Crippen LogP contribution in [0.4, 0.5) is 0 Å². The fourth-order valence-corrected chi connectivity index (χ4v) is 1.53. The van der Waals surface area contributed by atoms with Crippen molar-refractivity contribution >= 4 is 12.2 Å². The average Bonchev–Trinajstić information content (AvgIpc) is 2.46. The van der Waals surface area contributed by atoms with Crippen molar-refractivity contribution in [1.82, 2.24) is 0 Å². The summed E-state index contributed by atoms with van der Waals surface area (Å²) in [6, 6.07) is 18.9. The van der Waals surface area contributed by atoms with E-state index in [4.69, 9.17) is 10.5 Å². The largest absolute Gasteiger partial charge is 0.192 e. The van der Waals surface area contributed by atoms with Crippen LogP contribution in [0.25, 0.3) is 12.2 Å². The molecule has 0 N–H and O–H groups in total. The first-order valence-corrected chi connectivity index (χ1v) is 5.50. The lowest BCUT2D eigenvalue weighted by Crippen LogP contribution is -1.77. The van der Waals surface area contributed by atoms with Crippen molar-refractivity contribution in [2.24, 2.45) is 0 Å². The van der Waals surface area contributed by atoms with Gasteiger partial charge in [0, 0.05) is 0 Å². The van der Waals surface area contributed by atoms with Crippen LogP contribution < -0.4 is 0 Å². The summed E-state index contributed by atoms with van der Waals surface area (Å²) in [6.07, 6.45) is 3.95. The highest BCUT2D eigenvalue weighted by Crippen LogP contribution is 2.10. The minimum Gasteiger partial charge on any atom is -0.192 e. The number of benzene rings is 2. The molecule has 84 valence electrons. The minimum absolute atomic E-state index is 0.658. The van der Waals surface area contributed by atoms with Crippen molar-refractivity contribution < 1.29 is 0 Å². The van der Waals surface area contributed by atoms with Gasteiger partial charge in [0.15, 0.2) is 0 Å². The third-order valence-electron chi connectivity index (χ3n) is 2.55. The molecule has 0 aliphatic heterocycles. The van der Waals surface area contributed by atoms with Crippen LogP contribution in [0.15, 0.2) is 48.5 Å². The summed E-state index contributed by atoms with van der Waals surface area (Å²) >= 11 is 0. The molecule has 0 bridgehead atoms. The highest BCUT2D eigenvalue weighted by molar-refractivity contribution is 5.70. The summed E-state index contributed by atoms with van der Waals surface area (Å²) in [5.74, 6) is 0.